The minimum absolute atomic E-state index is 0.154. The summed E-state index contributed by atoms with van der Waals surface area (Å²) in [4.78, 5) is 26.9. The van der Waals surface area contributed by atoms with E-state index >= 15 is 0 Å². The standard InChI is InChI=1S/C21H23ClN2O6/c1-27-18-12-16(19(28-2)11-15(18)22)23-20(25)13-30-17-6-4-3-5-14(17)21(26)24-7-9-29-10-8-24/h3-6,11-12H,7-10,13H2,1-2H3,(H,23,25). The third-order valence-corrected chi connectivity index (χ3v) is 4.82. The molecular formula is C21H23ClN2O6. The number of ether oxygens (including phenoxy) is 4. The van der Waals surface area contributed by atoms with Gasteiger partial charge >= 0.3 is 0 Å². The first kappa shape index (κ1) is 21.7. The smallest absolute Gasteiger partial charge is 0.262 e. The molecule has 0 radical (unpaired) electrons. The van der Waals surface area contributed by atoms with Crippen LogP contribution in [0.5, 0.6) is 17.2 Å². The fourth-order valence-corrected chi connectivity index (χ4v) is 3.22. The van der Waals surface area contributed by atoms with E-state index in [2.05, 4.69) is 5.32 Å². The lowest BCUT2D eigenvalue weighted by atomic mass is 10.1. The van der Waals surface area contributed by atoms with Crippen molar-refractivity contribution in [2.45, 2.75) is 0 Å². The van der Waals surface area contributed by atoms with Crippen LogP contribution in [0, 0.1) is 0 Å². The Hall–Kier alpha value is -2.97. The van der Waals surface area contributed by atoms with Gasteiger partial charge in [-0.15, -0.1) is 0 Å². The van der Waals surface area contributed by atoms with Crippen molar-refractivity contribution in [3.05, 3.63) is 47.0 Å². The molecule has 30 heavy (non-hydrogen) atoms. The van der Waals surface area contributed by atoms with Crippen LogP contribution in [0.4, 0.5) is 5.69 Å². The maximum absolute atomic E-state index is 12.8. The summed E-state index contributed by atoms with van der Waals surface area (Å²) < 4.78 is 21.4. The number of rotatable bonds is 7. The Morgan fingerprint density at radius 2 is 1.77 bits per heavy atom. The molecule has 8 nitrogen and oxygen atoms in total. The minimum Gasteiger partial charge on any atom is -0.495 e. The molecule has 2 aromatic rings. The van der Waals surface area contributed by atoms with Crippen LogP contribution in [0.25, 0.3) is 0 Å². The number of anilines is 1. The van der Waals surface area contributed by atoms with E-state index in [-0.39, 0.29) is 12.5 Å². The van der Waals surface area contributed by atoms with E-state index in [4.69, 9.17) is 30.5 Å². The molecule has 1 fully saturated rings. The SMILES string of the molecule is COc1cc(NC(=O)COc2ccccc2C(=O)N2CCOCC2)c(OC)cc1Cl. The molecule has 9 heteroatoms. The molecule has 0 unspecified atom stereocenters. The van der Waals surface area contributed by atoms with Crippen molar-refractivity contribution < 1.29 is 28.5 Å². The Labute approximate surface area is 179 Å². The van der Waals surface area contributed by atoms with Gasteiger partial charge in [-0.05, 0) is 12.1 Å². The summed E-state index contributed by atoms with van der Waals surface area (Å²) in [5, 5.41) is 3.07. The first-order valence-corrected chi connectivity index (χ1v) is 9.71. The quantitative estimate of drug-likeness (QED) is 0.721. The van der Waals surface area contributed by atoms with Gasteiger partial charge in [-0.2, -0.15) is 0 Å². The van der Waals surface area contributed by atoms with E-state index in [0.717, 1.165) is 0 Å². The van der Waals surface area contributed by atoms with Gasteiger partial charge in [-0.3, -0.25) is 9.59 Å². The van der Waals surface area contributed by atoms with Crippen molar-refractivity contribution in [3.8, 4) is 17.2 Å². The van der Waals surface area contributed by atoms with Crippen molar-refractivity contribution in [2.24, 2.45) is 0 Å². The van der Waals surface area contributed by atoms with Crippen molar-refractivity contribution in [3.63, 3.8) is 0 Å². The average Bonchev–Trinajstić information content (AvgIpc) is 2.78. The van der Waals surface area contributed by atoms with Crippen LogP contribution in [0.3, 0.4) is 0 Å². The number of benzene rings is 2. The predicted molar refractivity (Wildman–Crippen MR) is 112 cm³/mol. The van der Waals surface area contributed by atoms with Gasteiger partial charge in [0.05, 0.1) is 43.7 Å². The Bertz CT molecular complexity index is 914. The number of hydrogen-bond acceptors (Lipinski definition) is 6. The molecule has 0 aromatic heterocycles. The lowest BCUT2D eigenvalue weighted by Gasteiger charge is -2.27. The molecule has 1 aliphatic heterocycles. The number of methoxy groups -OCH3 is 2. The van der Waals surface area contributed by atoms with Crippen LogP contribution in [-0.4, -0.2) is 63.8 Å². The van der Waals surface area contributed by atoms with Crippen LogP contribution in [0.1, 0.15) is 10.4 Å². The maximum atomic E-state index is 12.8. The zero-order valence-corrected chi connectivity index (χ0v) is 17.5. The van der Waals surface area contributed by atoms with Gasteiger partial charge in [0.2, 0.25) is 0 Å². The van der Waals surface area contributed by atoms with E-state index in [1.54, 1.807) is 41.3 Å². The topological polar surface area (TPSA) is 86.3 Å². The molecule has 1 saturated heterocycles. The monoisotopic (exact) mass is 434 g/mol. The van der Waals surface area contributed by atoms with Gasteiger partial charge in [-0.25, -0.2) is 0 Å². The highest BCUT2D eigenvalue weighted by Crippen LogP contribution is 2.35. The summed E-state index contributed by atoms with van der Waals surface area (Å²) in [5.41, 5.74) is 0.794. The number of amides is 2. The number of morpholine rings is 1. The number of halogens is 1. The normalized spacial score (nSPS) is 13.5. The largest absolute Gasteiger partial charge is 0.495 e. The molecule has 0 bridgehead atoms. The van der Waals surface area contributed by atoms with Crippen molar-refractivity contribution in [1.82, 2.24) is 4.90 Å². The van der Waals surface area contributed by atoms with Crippen molar-refractivity contribution >= 4 is 29.1 Å². The van der Waals surface area contributed by atoms with E-state index in [1.807, 2.05) is 0 Å². The lowest BCUT2D eigenvalue weighted by molar-refractivity contribution is -0.118. The summed E-state index contributed by atoms with van der Waals surface area (Å²) in [7, 11) is 2.95. The van der Waals surface area contributed by atoms with Gasteiger partial charge in [0.15, 0.2) is 6.61 Å². The summed E-state index contributed by atoms with van der Waals surface area (Å²) in [6, 6.07) is 9.95. The Kier molecular flexibility index (Phi) is 7.37. The average molecular weight is 435 g/mol. The fraction of sp³-hybridized carbons (Fsp3) is 0.333. The molecule has 1 aliphatic rings. The van der Waals surface area contributed by atoms with Crippen LogP contribution in [-0.2, 0) is 9.53 Å². The van der Waals surface area contributed by atoms with Gasteiger partial charge in [0.1, 0.15) is 17.2 Å². The van der Waals surface area contributed by atoms with Gasteiger partial charge in [0, 0.05) is 25.2 Å². The molecule has 160 valence electrons. The highest BCUT2D eigenvalue weighted by atomic mass is 35.5. The molecular weight excluding hydrogens is 412 g/mol. The Balaban J connectivity index is 1.68. The minimum atomic E-state index is -0.425. The molecule has 2 amide bonds. The molecule has 3 rings (SSSR count). The lowest BCUT2D eigenvalue weighted by Crippen LogP contribution is -2.40. The van der Waals surface area contributed by atoms with Crippen LogP contribution < -0.4 is 19.5 Å². The summed E-state index contributed by atoms with van der Waals surface area (Å²) >= 11 is 6.08. The van der Waals surface area contributed by atoms with Crippen molar-refractivity contribution in [1.29, 1.82) is 0 Å². The van der Waals surface area contributed by atoms with Crippen LogP contribution in [0.15, 0.2) is 36.4 Å². The second-order valence-electron chi connectivity index (χ2n) is 6.42. The zero-order valence-electron chi connectivity index (χ0n) is 16.8. The third kappa shape index (κ3) is 5.14. The summed E-state index contributed by atoms with van der Waals surface area (Å²) in [6.07, 6.45) is 0. The first-order valence-electron chi connectivity index (χ1n) is 9.33. The number of para-hydroxylation sites is 1. The Morgan fingerprint density at radius 3 is 2.47 bits per heavy atom. The molecule has 0 atom stereocenters. The molecule has 1 N–H and O–H groups in total. The molecule has 1 heterocycles. The first-order chi connectivity index (χ1) is 14.5. The summed E-state index contributed by atoms with van der Waals surface area (Å²) in [5.74, 6) is 0.543. The van der Waals surface area contributed by atoms with Gasteiger partial charge < -0.3 is 29.2 Å². The van der Waals surface area contributed by atoms with E-state index in [9.17, 15) is 9.59 Å². The number of nitrogens with zero attached hydrogens (tertiary/aromatic N) is 1. The number of carbonyl (C=O) groups excluding carboxylic acids is 2. The van der Waals surface area contributed by atoms with Crippen molar-refractivity contribution in [2.75, 3.05) is 52.4 Å². The predicted octanol–water partition coefficient (Wildman–Crippen LogP) is 2.85. The molecule has 2 aromatic carbocycles. The Morgan fingerprint density at radius 1 is 1.07 bits per heavy atom. The number of nitrogens with one attached hydrogen (secondary N) is 1. The fourth-order valence-electron chi connectivity index (χ4n) is 2.99. The van der Waals surface area contributed by atoms with E-state index in [0.29, 0.717) is 59.8 Å². The second-order valence-corrected chi connectivity index (χ2v) is 6.83. The third-order valence-electron chi connectivity index (χ3n) is 4.52. The summed E-state index contributed by atoms with van der Waals surface area (Å²) in [6.45, 7) is 1.76. The second kappa shape index (κ2) is 10.2. The molecule has 0 spiro atoms. The number of carbonyl (C=O) groups is 2. The van der Waals surface area contributed by atoms with Crippen LogP contribution in [0.2, 0.25) is 5.02 Å². The number of hydrogen-bond donors (Lipinski definition) is 1. The van der Waals surface area contributed by atoms with E-state index in [1.165, 1.54) is 14.2 Å². The van der Waals surface area contributed by atoms with Gasteiger partial charge in [-0.1, -0.05) is 23.7 Å². The van der Waals surface area contributed by atoms with Crippen LogP contribution >= 0.6 is 11.6 Å². The van der Waals surface area contributed by atoms with E-state index < -0.39 is 5.91 Å². The highest BCUT2D eigenvalue weighted by molar-refractivity contribution is 6.32. The molecule has 0 aliphatic carbocycles. The van der Waals surface area contributed by atoms with Gasteiger partial charge in [0.25, 0.3) is 11.8 Å². The zero-order chi connectivity index (χ0) is 21.5. The molecule has 0 saturated carbocycles. The maximum Gasteiger partial charge on any atom is 0.262 e. The highest BCUT2D eigenvalue weighted by Gasteiger charge is 2.22.